The van der Waals surface area contributed by atoms with Crippen LogP contribution in [0.5, 0.6) is 5.75 Å². The summed E-state index contributed by atoms with van der Waals surface area (Å²) in [5, 5.41) is 15.7. The zero-order chi connectivity index (χ0) is 14.7. The molecule has 0 fully saturated rings. The molecule has 1 aromatic carbocycles. The number of anilines is 1. The van der Waals surface area contributed by atoms with Crippen molar-refractivity contribution in [3.8, 4) is 5.75 Å². The van der Waals surface area contributed by atoms with E-state index in [0.717, 1.165) is 5.69 Å². The van der Waals surface area contributed by atoms with E-state index in [2.05, 4.69) is 10.3 Å². The Balaban J connectivity index is 2.26. The molecule has 104 valence electrons. The zero-order valence-corrected chi connectivity index (χ0v) is 11.6. The van der Waals surface area contributed by atoms with Crippen molar-refractivity contribution in [3.05, 3.63) is 45.0 Å². The van der Waals surface area contributed by atoms with Crippen molar-refractivity contribution in [2.24, 2.45) is 0 Å². The van der Waals surface area contributed by atoms with Crippen molar-refractivity contribution in [1.29, 1.82) is 0 Å². The van der Waals surface area contributed by atoms with Crippen molar-refractivity contribution >= 4 is 28.1 Å². The molecule has 7 nitrogen and oxygen atoms in total. The molecule has 2 aromatic rings. The van der Waals surface area contributed by atoms with Crippen molar-refractivity contribution in [3.63, 3.8) is 0 Å². The monoisotopic (exact) mass is 293 g/mol. The summed E-state index contributed by atoms with van der Waals surface area (Å²) in [6.45, 7) is 1.81. The zero-order valence-electron chi connectivity index (χ0n) is 10.7. The third-order valence-corrected chi connectivity index (χ3v) is 3.35. The number of methoxy groups -OCH3 is 1. The van der Waals surface area contributed by atoms with E-state index in [1.165, 1.54) is 36.6 Å². The minimum Gasteiger partial charge on any atom is -0.490 e. The van der Waals surface area contributed by atoms with Crippen LogP contribution >= 0.6 is 11.3 Å². The number of aryl methyl sites for hydroxylation is 1. The molecule has 1 heterocycles. The lowest BCUT2D eigenvalue weighted by Gasteiger charge is -2.04. The summed E-state index contributed by atoms with van der Waals surface area (Å²) in [6, 6.07) is 4.02. The van der Waals surface area contributed by atoms with Crippen LogP contribution in [0.1, 0.15) is 16.1 Å². The molecule has 0 unspecified atom stereocenters. The average Bonchev–Trinajstić information content (AvgIpc) is 2.83. The number of nitro benzene ring substituents is 1. The largest absolute Gasteiger partial charge is 0.490 e. The fourth-order valence-electron chi connectivity index (χ4n) is 1.55. The van der Waals surface area contributed by atoms with E-state index in [1.54, 1.807) is 5.38 Å². The lowest BCUT2D eigenvalue weighted by atomic mass is 10.2. The van der Waals surface area contributed by atoms with Gasteiger partial charge in [0.1, 0.15) is 0 Å². The van der Waals surface area contributed by atoms with Crippen molar-refractivity contribution in [2.45, 2.75) is 6.92 Å². The quantitative estimate of drug-likeness (QED) is 0.690. The number of nitrogens with zero attached hydrogens (tertiary/aromatic N) is 2. The number of carbonyl (C=O) groups excluding carboxylic acids is 1. The van der Waals surface area contributed by atoms with Gasteiger partial charge in [-0.1, -0.05) is 0 Å². The number of carbonyl (C=O) groups is 1. The van der Waals surface area contributed by atoms with Crippen molar-refractivity contribution < 1.29 is 14.5 Å². The maximum absolute atomic E-state index is 12.0. The second kappa shape index (κ2) is 5.66. The number of nitro groups is 1. The van der Waals surface area contributed by atoms with Gasteiger partial charge >= 0.3 is 5.69 Å². The first kappa shape index (κ1) is 13.9. The van der Waals surface area contributed by atoms with Gasteiger partial charge in [0.2, 0.25) is 0 Å². The molecule has 0 atom stereocenters. The Bertz CT molecular complexity index is 668. The Kier molecular flexibility index (Phi) is 3.94. The van der Waals surface area contributed by atoms with E-state index >= 15 is 0 Å². The highest BCUT2D eigenvalue weighted by Crippen LogP contribution is 2.28. The minimum absolute atomic E-state index is 0.108. The van der Waals surface area contributed by atoms with Gasteiger partial charge < -0.3 is 4.74 Å². The smallest absolute Gasteiger partial charge is 0.311 e. The van der Waals surface area contributed by atoms with Crippen LogP contribution in [0.4, 0.5) is 10.8 Å². The predicted octanol–water partition coefficient (Wildman–Crippen LogP) is 2.62. The second-order valence-corrected chi connectivity index (χ2v) is 4.75. The third-order valence-electron chi connectivity index (χ3n) is 2.48. The van der Waals surface area contributed by atoms with Crippen LogP contribution in [0, 0.1) is 17.0 Å². The number of thiazole rings is 1. The topological polar surface area (TPSA) is 94.4 Å². The van der Waals surface area contributed by atoms with Crippen molar-refractivity contribution in [1.82, 2.24) is 4.98 Å². The molecule has 0 saturated carbocycles. The highest BCUT2D eigenvalue weighted by atomic mass is 32.1. The van der Waals surface area contributed by atoms with E-state index in [9.17, 15) is 14.9 Å². The molecule has 20 heavy (non-hydrogen) atoms. The number of nitrogens with one attached hydrogen (secondary N) is 1. The predicted molar refractivity (Wildman–Crippen MR) is 74.5 cm³/mol. The summed E-state index contributed by atoms with van der Waals surface area (Å²) in [5.74, 6) is -0.346. The summed E-state index contributed by atoms with van der Waals surface area (Å²) in [5.41, 5.74) is 0.715. The summed E-state index contributed by atoms with van der Waals surface area (Å²) < 4.78 is 4.88. The van der Waals surface area contributed by atoms with Crippen LogP contribution in [-0.2, 0) is 0 Å². The van der Waals surface area contributed by atoms with E-state index < -0.39 is 10.8 Å². The van der Waals surface area contributed by atoms with Gasteiger partial charge in [-0.3, -0.25) is 20.2 Å². The summed E-state index contributed by atoms with van der Waals surface area (Å²) in [6.07, 6.45) is 0. The molecular formula is C12H11N3O4S. The molecule has 0 bridgehead atoms. The fourth-order valence-corrected chi connectivity index (χ4v) is 2.24. The number of benzene rings is 1. The first-order valence-corrected chi connectivity index (χ1v) is 6.45. The number of aromatic nitrogens is 1. The molecule has 0 radical (unpaired) electrons. The third kappa shape index (κ3) is 2.91. The summed E-state index contributed by atoms with van der Waals surface area (Å²) in [4.78, 5) is 26.4. The van der Waals surface area contributed by atoms with Crippen LogP contribution in [0.3, 0.4) is 0 Å². The van der Waals surface area contributed by atoms with Gasteiger partial charge in [0.25, 0.3) is 5.91 Å². The van der Waals surface area contributed by atoms with E-state index in [0.29, 0.717) is 5.13 Å². The molecule has 1 aromatic heterocycles. The molecule has 0 spiro atoms. The van der Waals surface area contributed by atoms with Gasteiger partial charge in [0.15, 0.2) is 10.9 Å². The van der Waals surface area contributed by atoms with Crippen LogP contribution in [0.2, 0.25) is 0 Å². The number of hydrogen-bond donors (Lipinski definition) is 1. The van der Waals surface area contributed by atoms with Crippen molar-refractivity contribution in [2.75, 3.05) is 12.4 Å². The van der Waals surface area contributed by atoms with E-state index in [4.69, 9.17) is 4.74 Å². The lowest BCUT2D eigenvalue weighted by molar-refractivity contribution is -0.385. The molecule has 2 rings (SSSR count). The van der Waals surface area contributed by atoms with Gasteiger partial charge in [0, 0.05) is 17.0 Å². The summed E-state index contributed by atoms with van der Waals surface area (Å²) in [7, 11) is 1.33. The van der Waals surface area contributed by atoms with Crippen LogP contribution < -0.4 is 10.1 Å². The van der Waals surface area contributed by atoms with Gasteiger partial charge in [-0.15, -0.1) is 11.3 Å². The normalized spacial score (nSPS) is 10.1. The van der Waals surface area contributed by atoms with Gasteiger partial charge in [-0.25, -0.2) is 4.98 Å². The molecular weight excluding hydrogens is 282 g/mol. The maximum atomic E-state index is 12.0. The Morgan fingerprint density at radius 2 is 2.25 bits per heavy atom. The van der Waals surface area contributed by atoms with E-state index in [1.807, 2.05) is 6.92 Å². The van der Waals surface area contributed by atoms with Crippen LogP contribution in [0.15, 0.2) is 23.6 Å². The first-order chi connectivity index (χ1) is 9.51. The Morgan fingerprint density at radius 1 is 1.50 bits per heavy atom. The summed E-state index contributed by atoms with van der Waals surface area (Å²) >= 11 is 1.29. The lowest BCUT2D eigenvalue weighted by Crippen LogP contribution is -2.12. The molecule has 1 amide bonds. The first-order valence-electron chi connectivity index (χ1n) is 5.57. The Hall–Kier alpha value is -2.48. The molecule has 0 aliphatic heterocycles. The number of rotatable bonds is 4. The Labute approximate surface area is 118 Å². The molecule has 0 aliphatic rings. The van der Waals surface area contributed by atoms with Gasteiger partial charge in [-0.2, -0.15) is 0 Å². The minimum atomic E-state index is -0.594. The number of hydrogen-bond acceptors (Lipinski definition) is 6. The van der Waals surface area contributed by atoms with Gasteiger partial charge in [-0.05, 0) is 19.1 Å². The van der Waals surface area contributed by atoms with Crippen LogP contribution in [-0.4, -0.2) is 22.9 Å². The van der Waals surface area contributed by atoms with Gasteiger partial charge in [0.05, 0.1) is 17.7 Å². The molecule has 8 heteroatoms. The second-order valence-electron chi connectivity index (χ2n) is 3.89. The highest BCUT2D eigenvalue weighted by molar-refractivity contribution is 7.13. The number of ether oxygens (including phenoxy) is 1. The molecule has 1 N–H and O–H groups in total. The SMILES string of the molecule is COc1ccc(C(=O)Nc2nc(C)cs2)cc1[N+](=O)[O-]. The fraction of sp³-hybridized carbons (Fsp3) is 0.167. The number of amides is 1. The molecule has 0 aliphatic carbocycles. The standard InChI is InChI=1S/C12H11N3O4S/c1-7-6-20-12(13-7)14-11(16)8-3-4-10(19-2)9(5-8)15(17)18/h3-6H,1-2H3,(H,13,14,16). The Morgan fingerprint density at radius 3 is 2.80 bits per heavy atom. The highest BCUT2D eigenvalue weighted by Gasteiger charge is 2.18. The van der Waals surface area contributed by atoms with E-state index in [-0.39, 0.29) is 17.0 Å². The molecule has 0 saturated heterocycles. The average molecular weight is 293 g/mol. The van der Waals surface area contributed by atoms with Crippen LogP contribution in [0.25, 0.3) is 0 Å². The maximum Gasteiger partial charge on any atom is 0.311 e.